The molecular weight excluding hydrogens is 232 g/mol. The molecule has 0 spiro atoms. The van der Waals surface area contributed by atoms with E-state index >= 15 is 0 Å². The minimum atomic E-state index is -0.355. The topological polar surface area (TPSA) is 48.7 Å². The number of carbonyl (C=O) groups is 1. The monoisotopic (exact) mass is 254 g/mol. The van der Waals surface area contributed by atoms with Gasteiger partial charge in [-0.05, 0) is 19.9 Å². The van der Waals surface area contributed by atoms with Gasteiger partial charge in [0, 0.05) is 12.0 Å². The van der Waals surface area contributed by atoms with Crippen molar-refractivity contribution in [3.05, 3.63) is 23.2 Å². The molecule has 0 aliphatic carbocycles. The van der Waals surface area contributed by atoms with Crippen molar-refractivity contribution in [3.63, 3.8) is 0 Å². The third kappa shape index (κ3) is 3.60. The van der Waals surface area contributed by atoms with Crippen molar-refractivity contribution in [2.75, 3.05) is 13.2 Å². The van der Waals surface area contributed by atoms with Crippen LogP contribution in [0, 0.1) is 0 Å². The Morgan fingerprint density at radius 1 is 1.28 bits per heavy atom. The molecule has 0 bridgehead atoms. The first kappa shape index (κ1) is 14.8. The van der Waals surface area contributed by atoms with E-state index in [0.717, 1.165) is 5.76 Å². The molecule has 1 aromatic heterocycles. The van der Waals surface area contributed by atoms with Crippen molar-refractivity contribution in [1.29, 1.82) is 0 Å². The second-order valence-corrected chi connectivity index (χ2v) is 5.06. The van der Waals surface area contributed by atoms with Crippen LogP contribution in [0.3, 0.4) is 0 Å². The third-order valence-corrected chi connectivity index (χ3v) is 2.48. The highest BCUT2D eigenvalue weighted by Gasteiger charge is 2.25. The first-order valence-corrected chi connectivity index (χ1v) is 6.28. The SMILES string of the molecule is CCOCc1oc(C(C)(C)C)cc1C(=O)OCC. The zero-order valence-electron chi connectivity index (χ0n) is 11.8. The Hall–Kier alpha value is -1.29. The first-order valence-electron chi connectivity index (χ1n) is 6.28. The van der Waals surface area contributed by atoms with Crippen molar-refractivity contribution in [2.24, 2.45) is 0 Å². The summed E-state index contributed by atoms with van der Waals surface area (Å²) in [7, 11) is 0. The molecule has 0 aliphatic heterocycles. The van der Waals surface area contributed by atoms with Gasteiger partial charge in [0.05, 0.1) is 6.61 Å². The van der Waals surface area contributed by atoms with E-state index in [9.17, 15) is 4.79 Å². The molecule has 102 valence electrons. The number of rotatable bonds is 5. The molecule has 1 aromatic rings. The summed E-state index contributed by atoms with van der Waals surface area (Å²) >= 11 is 0. The number of carbonyl (C=O) groups excluding carboxylic acids is 1. The predicted molar refractivity (Wildman–Crippen MR) is 68.7 cm³/mol. The highest BCUT2D eigenvalue weighted by molar-refractivity contribution is 5.90. The number of hydrogen-bond donors (Lipinski definition) is 0. The Morgan fingerprint density at radius 3 is 2.44 bits per heavy atom. The quantitative estimate of drug-likeness (QED) is 0.756. The Morgan fingerprint density at radius 2 is 1.94 bits per heavy atom. The van der Waals surface area contributed by atoms with Crippen molar-refractivity contribution >= 4 is 5.97 Å². The summed E-state index contributed by atoms with van der Waals surface area (Å²) in [6.07, 6.45) is 0. The van der Waals surface area contributed by atoms with Gasteiger partial charge in [0.1, 0.15) is 23.7 Å². The molecular formula is C14H22O4. The summed E-state index contributed by atoms with van der Waals surface area (Å²) in [5.41, 5.74) is 0.321. The van der Waals surface area contributed by atoms with Crippen molar-refractivity contribution in [1.82, 2.24) is 0 Å². The maximum absolute atomic E-state index is 11.8. The second-order valence-electron chi connectivity index (χ2n) is 5.06. The summed E-state index contributed by atoms with van der Waals surface area (Å²) in [5.74, 6) is 0.951. The van der Waals surface area contributed by atoms with E-state index in [0.29, 0.717) is 31.1 Å². The van der Waals surface area contributed by atoms with Gasteiger partial charge in [-0.2, -0.15) is 0 Å². The van der Waals surface area contributed by atoms with Crippen LogP contribution < -0.4 is 0 Å². The van der Waals surface area contributed by atoms with Crippen LogP contribution in [0.5, 0.6) is 0 Å². The Kier molecular flexibility index (Phi) is 4.96. The Balaban J connectivity index is 3.04. The fourth-order valence-electron chi connectivity index (χ4n) is 1.48. The number of ether oxygens (including phenoxy) is 2. The van der Waals surface area contributed by atoms with E-state index in [2.05, 4.69) is 0 Å². The normalized spacial score (nSPS) is 11.6. The van der Waals surface area contributed by atoms with Crippen LogP contribution in [0.1, 0.15) is 56.5 Å². The smallest absolute Gasteiger partial charge is 0.341 e. The van der Waals surface area contributed by atoms with Crippen LogP contribution in [0.25, 0.3) is 0 Å². The number of hydrogen-bond acceptors (Lipinski definition) is 4. The molecule has 0 fully saturated rings. The van der Waals surface area contributed by atoms with Crippen molar-refractivity contribution < 1.29 is 18.7 Å². The van der Waals surface area contributed by atoms with E-state index in [1.807, 2.05) is 27.7 Å². The van der Waals surface area contributed by atoms with E-state index in [-0.39, 0.29) is 11.4 Å². The summed E-state index contributed by atoms with van der Waals surface area (Å²) in [4.78, 5) is 11.8. The zero-order valence-corrected chi connectivity index (χ0v) is 11.8. The molecule has 18 heavy (non-hydrogen) atoms. The number of furan rings is 1. The van der Waals surface area contributed by atoms with E-state index in [4.69, 9.17) is 13.9 Å². The summed E-state index contributed by atoms with van der Waals surface area (Å²) in [6.45, 7) is 11.0. The summed E-state index contributed by atoms with van der Waals surface area (Å²) in [5, 5.41) is 0. The lowest BCUT2D eigenvalue weighted by molar-refractivity contribution is 0.0514. The van der Waals surface area contributed by atoms with E-state index < -0.39 is 0 Å². The van der Waals surface area contributed by atoms with Crippen LogP contribution >= 0.6 is 0 Å². The molecule has 1 heterocycles. The molecule has 0 N–H and O–H groups in total. The van der Waals surface area contributed by atoms with Crippen molar-refractivity contribution in [2.45, 2.75) is 46.6 Å². The van der Waals surface area contributed by atoms with Gasteiger partial charge in [-0.25, -0.2) is 4.79 Å². The van der Waals surface area contributed by atoms with Crippen LogP contribution in [0.4, 0.5) is 0 Å². The van der Waals surface area contributed by atoms with Crippen LogP contribution in [-0.2, 0) is 21.5 Å². The maximum Gasteiger partial charge on any atom is 0.341 e. The van der Waals surface area contributed by atoms with Gasteiger partial charge in [-0.15, -0.1) is 0 Å². The molecule has 4 nitrogen and oxygen atoms in total. The fourth-order valence-corrected chi connectivity index (χ4v) is 1.48. The van der Waals surface area contributed by atoms with Crippen LogP contribution in [0.15, 0.2) is 10.5 Å². The molecule has 0 aromatic carbocycles. The molecule has 0 aliphatic rings. The molecule has 1 rings (SSSR count). The standard InChI is InChI=1S/C14H22O4/c1-6-16-9-11-10(13(15)17-7-2)8-12(18-11)14(3,4)5/h8H,6-7,9H2,1-5H3. The molecule has 0 saturated heterocycles. The Bertz CT molecular complexity index is 398. The van der Waals surface area contributed by atoms with Gasteiger partial charge in [0.2, 0.25) is 0 Å². The van der Waals surface area contributed by atoms with Gasteiger partial charge in [-0.3, -0.25) is 0 Å². The molecule has 0 saturated carbocycles. The van der Waals surface area contributed by atoms with E-state index in [1.165, 1.54) is 0 Å². The van der Waals surface area contributed by atoms with E-state index in [1.54, 1.807) is 13.0 Å². The summed E-state index contributed by atoms with van der Waals surface area (Å²) in [6, 6.07) is 1.76. The van der Waals surface area contributed by atoms with Gasteiger partial charge in [-0.1, -0.05) is 20.8 Å². The average Bonchev–Trinajstić information content (AvgIpc) is 2.70. The minimum absolute atomic E-state index is 0.147. The van der Waals surface area contributed by atoms with Crippen LogP contribution in [-0.4, -0.2) is 19.2 Å². The van der Waals surface area contributed by atoms with Gasteiger partial charge in [0.15, 0.2) is 0 Å². The third-order valence-electron chi connectivity index (χ3n) is 2.48. The zero-order chi connectivity index (χ0) is 13.8. The highest BCUT2D eigenvalue weighted by Crippen LogP contribution is 2.28. The summed E-state index contributed by atoms with van der Waals surface area (Å²) < 4.78 is 16.1. The lowest BCUT2D eigenvalue weighted by atomic mass is 9.93. The lowest BCUT2D eigenvalue weighted by Gasteiger charge is -2.13. The molecule has 0 amide bonds. The van der Waals surface area contributed by atoms with Gasteiger partial charge in [0.25, 0.3) is 0 Å². The largest absolute Gasteiger partial charge is 0.462 e. The van der Waals surface area contributed by atoms with Gasteiger partial charge >= 0.3 is 5.97 Å². The average molecular weight is 254 g/mol. The van der Waals surface area contributed by atoms with Crippen LogP contribution in [0.2, 0.25) is 0 Å². The Labute approximate surface area is 108 Å². The predicted octanol–water partition coefficient (Wildman–Crippen LogP) is 3.29. The highest BCUT2D eigenvalue weighted by atomic mass is 16.5. The lowest BCUT2D eigenvalue weighted by Crippen LogP contribution is -2.09. The molecule has 0 atom stereocenters. The molecule has 0 unspecified atom stereocenters. The maximum atomic E-state index is 11.8. The molecule has 0 radical (unpaired) electrons. The van der Waals surface area contributed by atoms with Crippen molar-refractivity contribution in [3.8, 4) is 0 Å². The molecule has 4 heteroatoms. The fraction of sp³-hybridized carbons (Fsp3) is 0.643. The first-order chi connectivity index (χ1) is 8.40. The minimum Gasteiger partial charge on any atom is -0.462 e. The number of esters is 1. The van der Waals surface area contributed by atoms with Gasteiger partial charge < -0.3 is 13.9 Å². The second kappa shape index (κ2) is 6.05.